The van der Waals surface area contributed by atoms with Gasteiger partial charge in [0.25, 0.3) is 0 Å². The van der Waals surface area contributed by atoms with Gasteiger partial charge in [0, 0.05) is 12.3 Å². The third-order valence-electron chi connectivity index (χ3n) is 1.74. The van der Waals surface area contributed by atoms with Gasteiger partial charge in [-0.25, -0.2) is 13.1 Å². The largest absolute Gasteiger partial charge is 0.441 e. The molecule has 0 bridgehead atoms. The van der Waals surface area contributed by atoms with Crippen molar-refractivity contribution >= 4 is 33.1 Å². The van der Waals surface area contributed by atoms with Crippen LogP contribution >= 0.6 is 23.1 Å². The highest BCUT2D eigenvalue weighted by atomic mass is 32.2. The third kappa shape index (κ3) is 5.14. The molecule has 0 saturated carbocycles. The predicted molar refractivity (Wildman–Crippen MR) is 63.9 cm³/mol. The molecular formula is C8H10F3NO3S3. The minimum absolute atomic E-state index is 0.0245. The van der Waals surface area contributed by atoms with Crippen LogP contribution in [0.4, 0.5) is 13.2 Å². The minimum Gasteiger partial charge on any atom is -0.392 e. The first kappa shape index (κ1) is 15.8. The van der Waals surface area contributed by atoms with E-state index in [0.717, 1.165) is 11.3 Å². The molecule has 1 heterocycles. The van der Waals surface area contributed by atoms with E-state index >= 15 is 0 Å². The number of thiophene rings is 1. The topological polar surface area (TPSA) is 66.4 Å². The Kier molecular flexibility index (Phi) is 5.46. The Morgan fingerprint density at radius 1 is 1.44 bits per heavy atom. The Morgan fingerprint density at radius 2 is 2.11 bits per heavy atom. The molecule has 1 aromatic rings. The SMILES string of the molecule is O=S(=O)(NCCSC(F)(F)F)c1cc(CO)cs1. The predicted octanol–water partition coefficient (Wildman–Crippen LogP) is 1.77. The molecule has 18 heavy (non-hydrogen) atoms. The molecule has 4 nitrogen and oxygen atoms in total. The fourth-order valence-electron chi connectivity index (χ4n) is 0.991. The fraction of sp³-hybridized carbons (Fsp3) is 0.500. The van der Waals surface area contributed by atoms with Gasteiger partial charge in [-0.15, -0.1) is 11.3 Å². The van der Waals surface area contributed by atoms with Crippen LogP contribution in [0.5, 0.6) is 0 Å². The van der Waals surface area contributed by atoms with Gasteiger partial charge >= 0.3 is 5.51 Å². The van der Waals surface area contributed by atoms with Crippen LogP contribution in [-0.2, 0) is 16.6 Å². The molecule has 0 atom stereocenters. The first-order chi connectivity index (χ1) is 8.24. The number of aliphatic hydroxyl groups is 1. The average molecular weight is 321 g/mol. The summed E-state index contributed by atoms with van der Waals surface area (Å²) in [5.74, 6) is -0.388. The number of alkyl halides is 3. The molecule has 1 aromatic heterocycles. The van der Waals surface area contributed by atoms with Crippen LogP contribution in [0.15, 0.2) is 15.7 Å². The van der Waals surface area contributed by atoms with Crippen molar-refractivity contribution in [3.8, 4) is 0 Å². The van der Waals surface area contributed by atoms with E-state index in [1.54, 1.807) is 0 Å². The molecule has 0 aliphatic carbocycles. The van der Waals surface area contributed by atoms with Crippen LogP contribution in [0.1, 0.15) is 5.56 Å². The Hall–Kier alpha value is -0.290. The zero-order valence-electron chi connectivity index (χ0n) is 8.90. The molecule has 0 spiro atoms. The molecule has 0 radical (unpaired) electrons. The molecular weight excluding hydrogens is 311 g/mol. The minimum atomic E-state index is -4.36. The van der Waals surface area contributed by atoms with Crippen LogP contribution in [-0.4, -0.2) is 31.3 Å². The highest BCUT2D eigenvalue weighted by molar-refractivity contribution is 8.00. The highest BCUT2D eigenvalue weighted by Crippen LogP contribution is 2.29. The standard InChI is InChI=1S/C8H10F3NO3S3/c9-8(10,11)17-2-1-12-18(14,15)7-3-6(4-13)5-16-7/h3,5,12-13H,1-2,4H2. The molecule has 1 rings (SSSR count). The van der Waals surface area contributed by atoms with E-state index in [4.69, 9.17) is 5.11 Å². The lowest BCUT2D eigenvalue weighted by Crippen LogP contribution is -2.26. The maximum Gasteiger partial charge on any atom is 0.441 e. The van der Waals surface area contributed by atoms with Crippen LogP contribution in [0, 0.1) is 0 Å². The molecule has 0 aliphatic rings. The number of halogens is 3. The average Bonchev–Trinajstić information content (AvgIpc) is 2.72. The lowest BCUT2D eigenvalue weighted by atomic mass is 10.4. The highest BCUT2D eigenvalue weighted by Gasteiger charge is 2.27. The number of thioether (sulfide) groups is 1. The maximum atomic E-state index is 11.8. The summed E-state index contributed by atoms with van der Waals surface area (Å²) in [6.07, 6.45) is 0. The summed E-state index contributed by atoms with van der Waals surface area (Å²) in [6, 6.07) is 1.28. The van der Waals surface area contributed by atoms with E-state index in [9.17, 15) is 21.6 Å². The van der Waals surface area contributed by atoms with Crippen molar-refractivity contribution in [3.05, 3.63) is 17.0 Å². The lowest BCUT2D eigenvalue weighted by molar-refractivity contribution is -0.0327. The van der Waals surface area contributed by atoms with Crippen molar-refractivity contribution in [1.82, 2.24) is 4.72 Å². The van der Waals surface area contributed by atoms with Gasteiger partial charge in [-0.1, -0.05) is 0 Å². The number of hydrogen-bond donors (Lipinski definition) is 2. The number of rotatable bonds is 6. The van der Waals surface area contributed by atoms with Gasteiger partial charge in [0.1, 0.15) is 4.21 Å². The molecule has 0 saturated heterocycles. The second-order valence-corrected chi connectivity index (χ2v) is 7.19. The zero-order valence-corrected chi connectivity index (χ0v) is 11.3. The molecule has 0 unspecified atom stereocenters. The molecule has 10 heteroatoms. The van der Waals surface area contributed by atoms with Gasteiger partial charge < -0.3 is 5.11 Å². The lowest BCUT2D eigenvalue weighted by Gasteiger charge is -2.06. The van der Waals surface area contributed by atoms with Crippen molar-refractivity contribution < 1.29 is 26.7 Å². The zero-order chi connectivity index (χ0) is 13.8. The van der Waals surface area contributed by atoms with Crippen molar-refractivity contribution in [2.75, 3.05) is 12.3 Å². The van der Waals surface area contributed by atoms with Gasteiger partial charge in [0.05, 0.1) is 6.61 Å². The number of nitrogens with one attached hydrogen (secondary N) is 1. The number of sulfonamides is 1. The summed E-state index contributed by atoms with van der Waals surface area (Å²) < 4.78 is 60.7. The van der Waals surface area contributed by atoms with Crippen molar-refractivity contribution in [3.63, 3.8) is 0 Å². The Balaban J connectivity index is 2.50. The van der Waals surface area contributed by atoms with Crippen LogP contribution < -0.4 is 4.72 Å². The van der Waals surface area contributed by atoms with Gasteiger partial charge in [-0.2, -0.15) is 13.2 Å². The van der Waals surface area contributed by atoms with E-state index < -0.39 is 15.5 Å². The van der Waals surface area contributed by atoms with E-state index in [1.807, 2.05) is 0 Å². The van der Waals surface area contributed by atoms with Gasteiger partial charge in [-0.3, -0.25) is 0 Å². The Bertz CT molecular complexity index is 483. The second-order valence-electron chi connectivity index (χ2n) is 3.12. The van der Waals surface area contributed by atoms with Crippen LogP contribution in [0.25, 0.3) is 0 Å². The van der Waals surface area contributed by atoms with Gasteiger partial charge in [-0.05, 0) is 28.8 Å². The fourth-order valence-corrected chi connectivity index (χ4v) is 3.83. The van der Waals surface area contributed by atoms with Crippen molar-refractivity contribution in [2.24, 2.45) is 0 Å². The van der Waals surface area contributed by atoms with E-state index in [-0.39, 0.29) is 34.9 Å². The second kappa shape index (κ2) is 6.24. The summed E-state index contributed by atoms with van der Waals surface area (Å²) >= 11 is 0.621. The summed E-state index contributed by atoms with van der Waals surface area (Å²) in [4.78, 5) is 0. The first-order valence-electron chi connectivity index (χ1n) is 4.63. The summed E-state index contributed by atoms with van der Waals surface area (Å²) in [6.45, 7) is -0.588. The summed E-state index contributed by atoms with van der Waals surface area (Å²) in [5.41, 5.74) is -3.91. The maximum absolute atomic E-state index is 11.8. The van der Waals surface area contributed by atoms with Crippen molar-refractivity contribution in [1.29, 1.82) is 0 Å². The van der Waals surface area contributed by atoms with E-state index in [0.29, 0.717) is 5.56 Å². The van der Waals surface area contributed by atoms with E-state index in [1.165, 1.54) is 11.4 Å². The molecule has 0 aliphatic heterocycles. The molecule has 0 aromatic carbocycles. The van der Waals surface area contributed by atoms with Gasteiger partial charge in [0.15, 0.2) is 0 Å². The summed E-state index contributed by atoms with van der Waals surface area (Å²) in [7, 11) is -3.79. The number of hydrogen-bond acceptors (Lipinski definition) is 5. The number of aliphatic hydroxyl groups excluding tert-OH is 1. The third-order valence-corrected chi connectivity index (χ3v) is 5.42. The monoisotopic (exact) mass is 321 g/mol. The summed E-state index contributed by atoms with van der Waals surface area (Å²) in [5, 5.41) is 10.3. The first-order valence-corrected chi connectivity index (χ1v) is 7.98. The Morgan fingerprint density at radius 3 is 2.61 bits per heavy atom. The molecule has 0 amide bonds. The van der Waals surface area contributed by atoms with E-state index in [2.05, 4.69) is 4.72 Å². The smallest absolute Gasteiger partial charge is 0.392 e. The molecule has 0 fully saturated rings. The molecule has 104 valence electrons. The van der Waals surface area contributed by atoms with Crippen molar-refractivity contribution in [2.45, 2.75) is 16.3 Å². The van der Waals surface area contributed by atoms with Crippen LogP contribution in [0.3, 0.4) is 0 Å². The Labute approximate surface area is 110 Å². The normalized spacial score (nSPS) is 12.9. The van der Waals surface area contributed by atoms with Gasteiger partial charge in [0.2, 0.25) is 10.0 Å². The van der Waals surface area contributed by atoms with Crippen LogP contribution in [0.2, 0.25) is 0 Å². The quantitative estimate of drug-likeness (QED) is 0.784. The molecule has 2 N–H and O–H groups in total.